The molecule has 0 saturated carbocycles. The number of ether oxygens (including phenoxy) is 3. The molecule has 1 heterocycles. The van der Waals surface area contributed by atoms with Gasteiger partial charge in [0.2, 0.25) is 0 Å². The molecule has 1 aliphatic rings. The van der Waals surface area contributed by atoms with E-state index in [1.807, 2.05) is 0 Å². The molecule has 1 rings (SSSR count). The van der Waals surface area contributed by atoms with Gasteiger partial charge in [0.25, 0.3) is 0 Å². The van der Waals surface area contributed by atoms with Crippen molar-refractivity contribution in [1.29, 1.82) is 0 Å². The number of aliphatic hydroxyl groups excluding tert-OH is 4. The van der Waals surface area contributed by atoms with Gasteiger partial charge in [-0.05, 0) is 13.3 Å². The van der Waals surface area contributed by atoms with Crippen LogP contribution in [0.3, 0.4) is 0 Å². The van der Waals surface area contributed by atoms with Gasteiger partial charge in [0.15, 0.2) is 6.29 Å². The summed E-state index contributed by atoms with van der Waals surface area (Å²) in [6.45, 7) is 4.95. The second-order valence-corrected chi connectivity index (χ2v) is 8.12. The van der Waals surface area contributed by atoms with Crippen molar-refractivity contribution in [2.45, 2.75) is 114 Å². The highest BCUT2D eigenvalue weighted by molar-refractivity contribution is 5.69. The van der Waals surface area contributed by atoms with Crippen LogP contribution in [0, 0.1) is 6.92 Å². The first-order valence-corrected chi connectivity index (χ1v) is 11.3. The summed E-state index contributed by atoms with van der Waals surface area (Å²) in [6.07, 6.45) is 4.59. The van der Waals surface area contributed by atoms with E-state index in [1.165, 1.54) is 38.5 Å². The van der Waals surface area contributed by atoms with E-state index in [1.54, 1.807) is 6.92 Å². The van der Waals surface area contributed by atoms with Gasteiger partial charge in [-0.25, -0.2) is 0 Å². The molecule has 178 valence electrons. The maximum Gasteiger partial charge on any atom is 0.306 e. The zero-order valence-corrected chi connectivity index (χ0v) is 18.3. The van der Waals surface area contributed by atoms with E-state index in [9.17, 15) is 20.1 Å². The van der Waals surface area contributed by atoms with Crippen molar-refractivity contribution < 1.29 is 39.4 Å². The smallest absolute Gasteiger partial charge is 0.306 e. The number of hydrogen-bond acceptors (Lipinski definition) is 8. The van der Waals surface area contributed by atoms with Crippen LogP contribution in [0.15, 0.2) is 0 Å². The average molecular weight is 434 g/mol. The third-order valence-corrected chi connectivity index (χ3v) is 5.31. The summed E-state index contributed by atoms with van der Waals surface area (Å²) in [5, 5.41) is 38.6. The number of unbranched alkanes of at least 4 members (excludes halogenated alkanes) is 9. The fourth-order valence-corrected chi connectivity index (χ4v) is 3.44. The van der Waals surface area contributed by atoms with Crippen LogP contribution < -0.4 is 0 Å². The minimum atomic E-state index is -1.49. The van der Waals surface area contributed by atoms with E-state index in [4.69, 9.17) is 19.3 Å². The molecule has 8 heteroatoms. The highest BCUT2D eigenvalue weighted by Crippen LogP contribution is 2.22. The van der Waals surface area contributed by atoms with Gasteiger partial charge in [0.1, 0.15) is 30.5 Å². The molecule has 0 aromatic heterocycles. The third kappa shape index (κ3) is 10.5. The van der Waals surface area contributed by atoms with Gasteiger partial charge < -0.3 is 41.6 Å². The van der Waals surface area contributed by atoms with Crippen LogP contribution in [-0.2, 0) is 19.0 Å². The normalized spacial score (nSPS) is 27.7. The molecule has 4 N–H and O–H groups in total. The Morgan fingerprint density at radius 1 is 0.933 bits per heavy atom. The van der Waals surface area contributed by atoms with Crippen LogP contribution in [0.2, 0.25) is 0 Å². The standard InChI is InChI=1S/C22H41O8/c1-3-4-5-6-7-8-9-10-11-12-13-18(24)29-16(2)15-28-22-21(27)20(26)19(25)17(14-23)30-22/h16-17,19-23,25-27H,1,3-15H2,2H3/q-1/t16-,17-,19+,20+,21-,22-/m1/s1. The molecule has 1 fully saturated rings. The van der Waals surface area contributed by atoms with Crippen molar-refractivity contribution in [3.8, 4) is 0 Å². The van der Waals surface area contributed by atoms with E-state index in [0.29, 0.717) is 6.42 Å². The molecule has 0 bridgehead atoms. The minimum Gasteiger partial charge on any atom is -0.460 e. The molecule has 0 aliphatic carbocycles. The molecule has 0 radical (unpaired) electrons. The number of carbonyl (C=O) groups excluding carboxylic acids is 1. The SMILES string of the molecule is [CH2-]CCCCCCCCCCCC(=O)O[C@H](C)CO[C@@H]1O[C@H](CO)[C@H](O)[C@H](O)[C@H]1O. The Labute approximate surface area is 180 Å². The molecular weight excluding hydrogens is 392 g/mol. The predicted molar refractivity (Wildman–Crippen MR) is 111 cm³/mol. The summed E-state index contributed by atoms with van der Waals surface area (Å²) < 4.78 is 15.9. The number of carbonyl (C=O) groups is 1. The second kappa shape index (κ2) is 15.9. The van der Waals surface area contributed by atoms with E-state index in [-0.39, 0.29) is 12.6 Å². The zero-order chi connectivity index (χ0) is 22.4. The Balaban J connectivity index is 2.10. The van der Waals surface area contributed by atoms with Gasteiger partial charge in [0, 0.05) is 6.42 Å². The molecular formula is C22H41O8-. The maximum absolute atomic E-state index is 11.9. The molecule has 0 amide bonds. The largest absolute Gasteiger partial charge is 0.460 e. The summed E-state index contributed by atoms with van der Waals surface area (Å²) >= 11 is 0. The Morgan fingerprint density at radius 3 is 2.07 bits per heavy atom. The van der Waals surface area contributed by atoms with Crippen molar-refractivity contribution in [2.24, 2.45) is 0 Å². The fraction of sp³-hybridized carbons (Fsp3) is 0.909. The topological polar surface area (TPSA) is 126 Å². The number of rotatable bonds is 16. The summed E-state index contributed by atoms with van der Waals surface area (Å²) in [5.41, 5.74) is 0. The molecule has 6 atom stereocenters. The van der Waals surface area contributed by atoms with Gasteiger partial charge in [0.05, 0.1) is 13.2 Å². The van der Waals surface area contributed by atoms with Gasteiger partial charge >= 0.3 is 5.97 Å². The first-order chi connectivity index (χ1) is 14.4. The predicted octanol–water partition coefficient (Wildman–Crippen LogP) is 1.86. The van der Waals surface area contributed by atoms with Gasteiger partial charge in [-0.15, -0.1) is 0 Å². The van der Waals surface area contributed by atoms with Crippen molar-refractivity contribution >= 4 is 5.97 Å². The van der Waals surface area contributed by atoms with Gasteiger partial charge in [-0.3, -0.25) is 4.79 Å². The van der Waals surface area contributed by atoms with Crippen molar-refractivity contribution in [1.82, 2.24) is 0 Å². The quantitative estimate of drug-likeness (QED) is 0.165. The molecule has 30 heavy (non-hydrogen) atoms. The molecule has 0 aromatic rings. The number of esters is 1. The van der Waals surface area contributed by atoms with Crippen LogP contribution in [0.5, 0.6) is 0 Å². The van der Waals surface area contributed by atoms with Crippen LogP contribution in [0.25, 0.3) is 0 Å². The first kappa shape index (κ1) is 27.3. The summed E-state index contributed by atoms with van der Waals surface area (Å²) in [5.74, 6) is -0.298. The van der Waals surface area contributed by atoms with Crippen LogP contribution in [-0.4, -0.2) is 76.4 Å². The Hall–Kier alpha value is -0.770. The highest BCUT2D eigenvalue weighted by Gasteiger charge is 2.44. The summed E-state index contributed by atoms with van der Waals surface area (Å²) in [4.78, 5) is 11.9. The number of aliphatic hydroxyl groups is 4. The molecule has 0 spiro atoms. The van der Waals surface area contributed by atoms with Crippen molar-refractivity contribution in [3.63, 3.8) is 0 Å². The number of hydrogen-bond donors (Lipinski definition) is 4. The van der Waals surface area contributed by atoms with E-state index in [2.05, 4.69) is 6.92 Å². The lowest BCUT2D eigenvalue weighted by molar-refractivity contribution is -0.304. The van der Waals surface area contributed by atoms with Gasteiger partial charge in [-0.1, -0.05) is 51.4 Å². The second-order valence-electron chi connectivity index (χ2n) is 8.12. The van der Waals surface area contributed by atoms with E-state index >= 15 is 0 Å². The molecule has 1 aliphatic heterocycles. The first-order valence-electron chi connectivity index (χ1n) is 11.3. The zero-order valence-electron chi connectivity index (χ0n) is 18.3. The summed E-state index contributed by atoms with van der Waals surface area (Å²) in [6, 6.07) is 0. The molecule has 8 nitrogen and oxygen atoms in total. The molecule has 1 saturated heterocycles. The minimum absolute atomic E-state index is 0.0392. The average Bonchev–Trinajstić information content (AvgIpc) is 2.73. The Morgan fingerprint density at radius 2 is 1.50 bits per heavy atom. The summed E-state index contributed by atoms with van der Waals surface area (Å²) in [7, 11) is 0. The van der Waals surface area contributed by atoms with Gasteiger partial charge in [-0.2, -0.15) is 6.42 Å². The lowest BCUT2D eigenvalue weighted by Crippen LogP contribution is -2.59. The highest BCUT2D eigenvalue weighted by atomic mass is 16.7. The lowest BCUT2D eigenvalue weighted by Gasteiger charge is -2.39. The molecule has 0 aromatic carbocycles. The lowest BCUT2D eigenvalue weighted by atomic mass is 9.99. The van der Waals surface area contributed by atoms with Crippen molar-refractivity contribution in [2.75, 3.05) is 13.2 Å². The van der Waals surface area contributed by atoms with Crippen molar-refractivity contribution in [3.05, 3.63) is 6.92 Å². The van der Waals surface area contributed by atoms with E-state index < -0.39 is 43.4 Å². The maximum atomic E-state index is 11.9. The van der Waals surface area contributed by atoms with Crippen LogP contribution >= 0.6 is 0 Å². The van der Waals surface area contributed by atoms with E-state index in [0.717, 1.165) is 25.7 Å². The molecule has 0 unspecified atom stereocenters. The third-order valence-electron chi connectivity index (χ3n) is 5.31. The van der Waals surface area contributed by atoms with Crippen LogP contribution in [0.1, 0.15) is 77.6 Å². The monoisotopic (exact) mass is 433 g/mol. The Kier molecular flexibility index (Phi) is 14.5. The fourth-order valence-electron chi connectivity index (χ4n) is 3.44. The Bertz CT molecular complexity index is 445. The van der Waals surface area contributed by atoms with Crippen LogP contribution in [0.4, 0.5) is 0 Å².